The second-order valence-electron chi connectivity index (χ2n) is 16.1. The van der Waals surface area contributed by atoms with Crippen LogP contribution < -0.4 is 26.8 Å². The number of fused-ring (bicyclic) bond motifs is 4. The summed E-state index contributed by atoms with van der Waals surface area (Å²) < 4.78 is 1.40. The SMILES string of the molecule is O=C(NCc1ccc2cc(CNCC3CCC3)[nH]c2c1)c1cccc2[nH]ncc12.O=C(NCc1cnc2cc(CNCC3CCC3)[nH]c2c1)c1cc(=O)n2ccccc2n1. The zero-order chi connectivity index (χ0) is 40.8. The third-order valence-electron chi connectivity index (χ3n) is 11.7. The first-order chi connectivity index (χ1) is 29.4. The van der Waals surface area contributed by atoms with E-state index in [0.717, 1.165) is 82.3 Å². The molecule has 0 radical (unpaired) electrons. The largest absolute Gasteiger partial charge is 0.357 e. The van der Waals surface area contributed by atoms with E-state index in [1.54, 1.807) is 36.8 Å². The molecule has 2 aliphatic carbocycles. The van der Waals surface area contributed by atoms with E-state index in [9.17, 15) is 14.4 Å². The van der Waals surface area contributed by atoms with Gasteiger partial charge in [-0.3, -0.25) is 28.9 Å². The summed E-state index contributed by atoms with van der Waals surface area (Å²) in [5, 5.41) is 21.9. The van der Waals surface area contributed by atoms with Gasteiger partial charge in [-0.15, -0.1) is 0 Å². The van der Waals surface area contributed by atoms with Crippen molar-refractivity contribution in [1.82, 2.24) is 55.8 Å². The highest BCUT2D eigenvalue weighted by atomic mass is 16.2. The average Bonchev–Trinajstić information content (AvgIpc) is 3.99. The van der Waals surface area contributed by atoms with Gasteiger partial charge in [0.15, 0.2) is 0 Å². The number of rotatable bonds is 14. The lowest BCUT2D eigenvalue weighted by molar-refractivity contribution is 0.0940. The van der Waals surface area contributed by atoms with Gasteiger partial charge in [0, 0.05) is 66.9 Å². The van der Waals surface area contributed by atoms with E-state index in [1.165, 1.54) is 60.1 Å². The van der Waals surface area contributed by atoms with Crippen molar-refractivity contribution in [2.45, 2.75) is 64.7 Å². The Morgan fingerprint density at radius 1 is 0.700 bits per heavy atom. The van der Waals surface area contributed by atoms with Crippen LogP contribution >= 0.6 is 0 Å². The molecule has 2 amide bonds. The summed E-state index contributed by atoms with van der Waals surface area (Å²) in [7, 11) is 0. The quantitative estimate of drug-likeness (QED) is 0.0671. The molecule has 0 unspecified atom stereocenters. The van der Waals surface area contributed by atoms with Gasteiger partial charge in [-0.25, -0.2) is 4.98 Å². The third kappa shape index (κ3) is 8.99. The van der Waals surface area contributed by atoms with Crippen LogP contribution in [0.25, 0.3) is 38.5 Å². The number of pyridine rings is 2. The molecular formula is C46H49N11O3. The molecule has 14 nitrogen and oxygen atoms in total. The van der Waals surface area contributed by atoms with Crippen LogP contribution in [-0.2, 0) is 26.2 Å². The van der Waals surface area contributed by atoms with E-state index in [-0.39, 0.29) is 17.2 Å². The minimum absolute atomic E-state index is 0.0931. The molecule has 8 aromatic rings. The number of nitrogens with one attached hydrogen (secondary N) is 7. The number of H-pyrrole nitrogens is 3. The summed E-state index contributed by atoms with van der Waals surface area (Å²) in [4.78, 5) is 53.0. The number of carbonyl (C=O) groups is 2. The number of nitrogens with zero attached hydrogens (tertiary/aromatic N) is 4. The molecule has 7 N–H and O–H groups in total. The Kier molecular flexibility index (Phi) is 11.5. The molecule has 2 saturated carbocycles. The minimum atomic E-state index is -0.393. The summed E-state index contributed by atoms with van der Waals surface area (Å²) in [5.74, 6) is 1.20. The number of hydrogen-bond donors (Lipinski definition) is 7. The predicted molar refractivity (Wildman–Crippen MR) is 232 cm³/mol. The predicted octanol–water partition coefficient (Wildman–Crippen LogP) is 6.25. The Labute approximate surface area is 346 Å². The smallest absolute Gasteiger partial charge is 0.270 e. The summed E-state index contributed by atoms with van der Waals surface area (Å²) in [6.07, 6.45) is 13.2. The van der Waals surface area contributed by atoms with Crippen molar-refractivity contribution in [3.05, 3.63) is 142 Å². The molecular weight excluding hydrogens is 755 g/mol. The third-order valence-corrected chi connectivity index (χ3v) is 11.7. The molecule has 0 bridgehead atoms. The Hall–Kier alpha value is -6.64. The molecule has 6 heterocycles. The van der Waals surface area contributed by atoms with Gasteiger partial charge in [0.1, 0.15) is 11.3 Å². The molecule has 306 valence electrons. The van der Waals surface area contributed by atoms with Crippen LogP contribution in [0.5, 0.6) is 0 Å². The van der Waals surface area contributed by atoms with Crippen LogP contribution in [-0.4, -0.2) is 59.4 Å². The van der Waals surface area contributed by atoms with Crippen molar-refractivity contribution in [2.75, 3.05) is 13.1 Å². The topological polar surface area (TPSA) is 190 Å². The van der Waals surface area contributed by atoms with Crippen LogP contribution in [0.1, 0.15) is 81.9 Å². The summed E-state index contributed by atoms with van der Waals surface area (Å²) in [5.41, 5.74) is 8.94. The molecule has 0 aliphatic heterocycles. The molecule has 2 aliphatic rings. The molecule has 10 rings (SSSR count). The van der Waals surface area contributed by atoms with Gasteiger partial charge in [-0.2, -0.15) is 5.10 Å². The van der Waals surface area contributed by atoms with Gasteiger partial charge in [0.05, 0.1) is 28.3 Å². The number of aromatic nitrogens is 7. The van der Waals surface area contributed by atoms with Gasteiger partial charge in [0.25, 0.3) is 17.4 Å². The molecule has 0 saturated heterocycles. The first-order valence-electron chi connectivity index (χ1n) is 20.9. The van der Waals surface area contributed by atoms with E-state index in [4.69, 9.17) is 0 Å². The van der Waals surface area contributed by atoms with Gasteiger partial charge >= 0.3 is 0 Å². The number of carbonyl (C=O) groups excluding carboxylic acids is 2. The first-order valence-corrected chi connectivity index (χ1v) is 20.9. The number of aromatic amines is 3. The molecule has 2 fully saturated rings. The molecule has 2 aromatic carbocycles. The van der Waals surface area contributed by atoms with Crippen LogP contribution in [0.4, 0.5) is 0 Å². The summed E-state index contributed by atoms with van der Waals surface area (Å²) in [6, 6.07) is 24.6. The number of hydrogen-bond acceptors (Lipinski definition) is 8. The van der Waals surface area contributed by atoms with Gasteiger partial charge in [0.2, 0.25) is 0 Å². The maximum atomic E-state index is 12.6. The van der Waals surface area contributed by atoms with Crippen molar-refractivity contribution in [3.8, 4) is 0 Å². The Bertz CT molecular complexity index is 2850. The van der Waals surface area contributed by atoms with Crippen LogP contribution in [0.2, 0.25) is 0 Å². The maximum Gasteiger partial charge on any atom is 0.270 e. The number of amides is 2. The fraction of sp³-hybridized carbons (Fsp3) is 0.304. The lowest BCUT2D eigenvalue weighted by Gasteiger charge is -2.25. The molecule has 0 spiro atoms. The average molecular weight is 804 g/mol. The summed E-state index contributed by atoms with van der Waals surface area (Å²) in [6.45, 7) is 4.61. The monoisotopic (exact) mass is 803 g/mol. The van der Waals surface area contributed by atoms with E-state index in [2.05, 4.69) is 81.7 Å². The highest BCUT2D eigenvalue weighted by Crippen LogP contribution is 2.26. The lowest BCUT2D eigenvalue weighted by Crippen LogP contribution is -2.27. The second kappa shape index (κ2) is 17.7. The van der Waals surface area contributed by atoms with Crippen molar-refractivity contribution in [3.63, 3.8) is 0 Å². The zero-order valence-corrected chi connectivity index (χ0v) is 33.4. The standard InChI is InChI=1S/C23H24N6O2.C23H25N5O/c30-22-10-20(28-21-6-1-2-7-29(21)22)23(31)26-13-16-8-19-18(25-12-16)9-17(27-19)14-24-11-15-4-3-5-15;29-23(19-5-2-6-21-20(19)14-26-28-21)25-12-16-7-8-17-10-18(27-22(17)9-16)13-24-11-15-3-1-4-15/h1-2,6-10,12,15,24,27H,3-5,11,13-14H2,(H,26,31);2,5-10,14-15,24,27H,1,3-4,11-13H2,(H,25,29)(H,26,28). The lowest BCUT2D eigenvalue weighted by atomic mass is 9.85. The summed E-state index contributed by atoms with van der Waals surface area (Å²) >= 11 is 0. The minimum Gasteiger partial charge on any atom is -0.357 e. The van der Waals surface area contributed by atoms with Gasteiger partial charge in [-0.1, -0.05) is 37.1 Å². The van der Waals surface area contributed by atoms with Crippen molar-refractivity contribution in [2.24, 2.45) is 11.8 Å². The van der Waals surface area contributed by atoms with Crippen molar-refractivity contribution in [1.29, 1.82) is 0 Å². The molecule has 14 heteroatoms. The van der Waals surface area contributed by atoms with Crippen molar-refractivity contribution >= 4 is 50.3 Å². The van der Waals surface area contributed by atoms with E-state index in [1.807, 2.05) is 24.3 Å². The van der Waals surface area contributed by atoms with Crippen molar-refractivity contribution < 1.29 is 9.59 Å². The Morgan fingerprint density at radius 2 is 1.43 bits per heavy atom. The molecule has 60 heavy (non-hydrogen) atoms. The van der Waals surface area contributed by atoms with E-state index in [0.29, 0.717) is 24.3 Å². The fourth-order valence-electron chi connectivity index (χ4n) is 7.84. The first kappa shape index (κ1) is 38.9. The van der Waals surface area contributed by atoms with Crippen LogP contribution in [0.3, 0.4) is 0 Å². The van der Waals surface area contributed by atoms with Crippen LogP contribution in [0, 0.1) is 11.8 Å². The Morgan fingerprint density at radius 3 is 2.22 bits per heavy atom. The number of benzene rings is 2. The molecule has 0 atom stereocenters. The fourth-order valence-corrected chi connectivity index (χ4v) is 7.84. The second-order valence-corrected chi connectivity index (χ2v) is 16.1. The zero-order valence-electron chi connectivity index (χ0n) is 33.4. The highest BCUT2D eigenvalue weighted by molar-refractivity contribution is 6.06. The highest BCUT2D eigenvalue weighted by Gasteiger charge is 2.18. The molecule has 6 aromatic heterocycles. The van der Waals surface area contributed by atoms with Crippen LogP contribution in [0.15, 0.2) is 102 Å². The Balaban J connectivity index is 0.000000154. The van der Waals surface area contributed by atoms with E-state index >= 15 is 0 Å². The normalized spacial score (nSPS) is 14.2. The van der Waals surface area contributed by atoms with Gasteiger partial charge < -0.3 is 31.2 Å². The maximum absolute atomic E-state index is 12.6. The van der Waals surface area contributed by atoms with E-state index < -0.39 is 5.91 Å². The van der Waals surface area contributed by atoms with Gasteiger partial charge in [-0.05, 0) is 116 Å².